The molecule has 1 aliphatic rings. The lowest BCUT2D eigenvalue weighted by Crippen LogP contribution is -2.35. The maximum absolute atomic E-state index is 13.6. The van der Waals surface area contributed by atoms with Crippen LogP contribution in [0.4, 0.5) is 24.7 Å². The van der Waals surface area contributed by atoms with E-state index in [-0.39, 0.29) is 27.7 Å². The molecule has 0 aliphatic carbocycles. The zero-order valence-corrected chi connectivity index (χ0v) is 21.4. The molecule has 0 spiro atoms. The van der Waals surface area contributed by atoms with Crippen LogP contribution in [0.15, 0.2) is 83.1 Å². The van der Waals surface area contributed by atoms with Gasteiger partial charge in [0.05, 0.1) is 16.8 Å². The average molecular weight is 559 g/mol. The fraction of sp³-hybridized carbons (Fsp3) is 0.231. The van der Waals surface area contributed by atoms with Gasteiger partial charge in [0, 0.05) is 42.3 Å². The fourth-order valence-corrected chi connectivity index (χ4v) is 5.41. The lowest BCUT2D eigenvalue weighted by atomic mass is 10.1. The van der Waals surface area contributed by atoms with E-state index in [2.05, 4.69) is 20.3 Å². The number of amides is 1. The fourth-order valence-electron chi connectivity index (χ4n) is 3.85. The molecular weight excluding hydrogens is 533 g/mol. The Morgan fingerprint density at radius 3 is 2.41 bits per heavy atom. The molecule has 1 fully saturated rings. The van der Waals surface area contributed by atoms with Gasteiger partial charge < -0.3 is 11.1 Å². The standard InChI is InChI=1S/C26H25F3N6O3S/c27-26(28,29)23(15-22(30)19-7-5-11-31-16-19)33-20-9-10-24(32-17-20)34-25(36)18-6-4-8-21(14-18)39(37,38)35-12-2-1-3-13-35/h4-11,14-17H,1-3,12-13,30H2,(H,32,34,36). The normalized spacial score (nSPS) is 15.7. The third-order valence-corrected chi connectivity index (χ3v) is 7.76. The van der Waals surface area contributed by atoms with E-state index in [1.165, 1.54) is 59.2 Å². The third kappa shape index (κ3) is 7.06. The van der Waals surface area contributed by atoms with Crippen molar-refractivity contribution in [1.29, 1.82) is 0 Å². The van der Waals surface area contributed by atoms with Crippen molar-refractivity contribution in [2.75, 3.05) is 18.4 Å². The number of rotatable bonds is 7. The third-order valence-electron chi connectivity index (χ3n) is 5.87. The molecule has 1 aromatic carbocycles. The molecule has 3 aromatic rings. The molecule has 0 radical (unpaired) electrons. The van der Waals surface area contributed by atoms with Crippen molar-refractivity contribution in [3.8, 4) is 0 Å². The summed E-state index contributed by atoms with van der Waals surface area (Å²) >= 11 is 0. The van der Waals surface area contributed by atoms with Gasteiger partial charge in [0.1, 0.15) is 11.5 Å². The van der Waals surface area contributed by atoms with Gasteiger partial charge in [-0.3, -0.25) is 9.78 Å². The number of benzene rings is 1. The van der Waals surface area contributed by atoms with E-state index in [1.54, 1.807) is 6.07 Å². The van der Waals surface area contributed by atoms with Crippen LogP contribution in [-0.4, -0.2) is 53.6 Å². The number of halogens is 3. The van der Waals surface area contributed by atoms with Crippen molar-refractivity contribution in [3.63, 3.8) is 0 Å². The first-order chi connectivity index (χ1) is 18.5. The average Bonchev–Trinajstić information content (AvgIpc) is 2.94. The van der Waals surface area contributed by atoms with E-state index in [0.717, 1.165) is 25.5 Å². The Hall–Kier alpha value is -4.10. The van der Waals surface area contributed by atoms with E-state index in [4.69, 9.17) is 5.73 Å². The van der Waals surface area contributed by atoms with Crippen molar-refractivity contribution in [2.45, 2.75) is 30.3 Å². The quantitative estimate of drug-likeness (QED) is 0.410. The molecule has 1 aliphatic heterocycles. The highest BCUT2D eigenvalue weighted by molar-refractivity contribution is 7.89. The summed E-state index contributed by atoms with van der Waals surface area (Å²) in [6.45, 7) is 0.860. The summed E-state index contributed by atoms with van der Waals surface area (Å²) in [5, 5.41) is 2.51. The molecule has 0 saturated carbocycles. The minimum absolute atomic E-state index is 0.00739. The second kappa shape index (κ2) is 11.7. The second-order valence-electron chi connectivity index (χ2n) is 8.68. The van der Waals surface area contributed by atoms with Gasteiger partial charge >= 0.3 is 6.18 Å². The maximum Gasteiger partial charge on any atom is 0.433 e. The van der Waals surface area contributed by atoms with E-state index < -0.39 is 27.8 Å². The van der Waals surface area contributed by atoms with Gasteiger partial charge in [-0.25, -0.2) is 18.4 Å². The summed E-state index contributed by atoms with van der Waals surface area (Å²) in [5.74, 6) is -0.584. The number of sulfonamides is 1. The molecule has 9 nitrogen and oxygen atoms in total. The highest BCUT2D eigenvalue weighted by atomic mass is 32.2. The number of carbonyl (C=O) groups is 1. The Balaban J connectivity index is 1.50. The number of anilines is 1. The van der Waals surface area contributed by atoms with Gasteiger partial charge in [-0.2, -0.15) is 17.5 Å². The molecule has 0 bridgehead atoms. The van der Waals surface area contributed by atoms with E-state index in [9.17, 15) is 26.4 Å². The maximum atomic E-state index is 13.6. The van der Waals surface area contributed by atoms with E-state index in [1.807, 2.05) is 0 Å². The molecule has 204 valence electrons. The van der Waals surface area contributed by atoms with Gasteiger partial charge in [0.2, 0.25) is 10.0 Å². The number of nitrogens with one attached hydrogen (secondary N) is 1. The lowest BCUT2D eigenvalue weighted by molar-refractivity contribution is -0.0576. The van der Waals surface area contributed by atoms with Gasteiger partial charge in [-0.15, -0.1) is 0 Å². The van der Waals surface area contributed by atoms with Crippen LogP contribution in [0, 0.1) is 0 Å². The number of alkyl halides is 3. The predicted molar refractivity (Wildman–Crippen MR) is 141 cm³/mol. The summed E-state index contributed by atoms with van der Waals surface area (Å²) in [6.07, 6.45) is 2.31. The summed E-state index contributed by atoms with van der Waals surface area (Å²) < 4.78 is 68.0. The number of allylic oxidation sites excluding steroid dienone is 1. The molecule has 3 N–H and O–H groups in total. The first kappa shape index (κ1) is 27.9. The number of hydrogen-bond acceptors (Lipinski definition) is 7. The highest BCUT2D eigenvalue weighted by Gasteiger charge is 2.34. The van der Waals surface area contributed by atoms with Crippen LogP contribution in [0.5, 0.6) is 0 Å². The minimum atomic E-state index is -4.79. The number of nitrogens with two attached hydrogens (primary N) is 1. The molecule has 13 heteroatoms. The van der Waals surface area contributed by atoms with Crippen molar-refractivity contribution in [2.24, 2.45) is 10.7 Å². The van der Waals surface area contributed by atoms with Crippen molar-refractivity contribution in [1.82, 2.24) is 14.3 Å². The molecule has 3 heterocycles. The number of nitrogens with zero attached hydrogens (tertiary/aromatic N) is 4. The number of piperidine rings is 1. The molecule has 0 unspecified atom stereocenters. The van der Waals surface area contributed by atoms with Crippen LogP contribution >= 0.6 is 0 Å². The van der Waals surface area contributed by atoms with E-state index >= 15 is 0 Å². The number of carbonyl (C=O) groups excluding carboxylic acids is 1. The van der Waals surface area contributed by atoms with Crippen LogP contribution < -0.4 is 11.1 Å². The topological polar surface area (TPSA) is 131 Å². The SMILES string of the molecule is NC(=CC(=Nc1ccc(NC(=O)c2cccc(S(=O)(=O)N3CCCCC3)c2)nc1)C(F)(F)F)c1cccnc1. The van der Waals surface area contributed by atoms with Crippen molar-refractivity contribution in [3.05, 3.63) is 84.3 Å². The first-order valence-corrected chi connectivity index (χ1v) is 13.4. The second-order valence-corrected chi connectivity index (χ2v) is 10.6. The molecule has 1 amide bonds. The first-order valence-electron chi connectivity index (χ1n) is 11.9. The van der Waals surface area contributed by atoms with Crippen molar-refractivity contribution >= 4 is 38.8 Å². The van der Waals surface area contributed by atoms with Crippen molar-refractivity contribution < 1.29 is 26.4 Å². The zero-order valence-electron chi connectivity index (χ0n) is 20.6. The van der Waals surface area contributed by atoms with E-state index in [0.29, 0.717) is 24.7 Å². The Morgan fingerprint density at radius 1 is 1.03 bits per heavy atom. The summed E-state index contributed by atoms with van der Waals surface area (Å²) in [7, 11) is -3.73. The molecular formula is C26H25F3N6O3S. The number of aromatic nitrogens is 2. The van der Waals surface area contributed by atoms with Crippen LogP contribution in [0.1, 0.15) is 35.2 Å². The van der Waals surface area contributed by atoms with Crippen LogP contribution in [0.25, 0.3) is 5.70 Å². The van der Waals surface area contributed by atoms with Gasteiger partial charge in [0.15, 0.2) is 0 Å². The summed E-state index contributed by atoms with van der Waals surface area (Å²) in [5.41, 5.74) is 4.66. The number of hydrogen-bond donors (Lipinski definition) is 2. The Bertz CT molecular complexity index is 1490. The highest BCUT2D eigenvalue weighted by Crippen LogP contribution is 2.25. The van der Waals surface area contributed by atoms with Crippen LogP contribution in [-0.2, 0) is 10.0 Å². The molecule has 1 saturated heterocycles. The minimum Gasteiger partial charge on any atom is -0.398 e. The summed E-state index contributed by atoms with van der Waals surface area (Å²) in [6, 6.07) is 11.2. The molecule has 4 rings (SSSR count). The number of aliphatic imine (C=N–C) groups is 1. The monoisotopic (exact) mass is 558 g/mol. The van der Waals surface area contributed by atoms with Gasteiger partial charge in [0.25, 0.3) is 5.91 Å². The lowest BCUT2D eigenvalue weighted by Gasteiger charge is -2.26. The molecule has 39 heavy (non-hydrogen) atoms. The summed E-state index contributed by atoms with van der Waals surface area (Å²) in [4.78, 5) is 24.2. The van der Waals surface area contributed by atoms with Crippen LogP contribution in [0.2, 0.25) is 0 Å². The van der Waals surface area contributed by atoms with Crippen LogP contribution in [0.3, 0.4) is 0 Å². The molecule has 2 aromatic heterocycles. The van der Waals surface area contributed by atoms with Gasteiger partial charge in [-0.05, 0) is 61.4 Å². The predicted octanol–water partition coefficient (Wildman–Crippen LogP) is 4.54. The zero-order chi connectivity index (χ0) is 28.0. The molecule has 0 atom stereocenters. The Morgan fingerprint density at radius 2 is 1.77 bits per heavy atom. The smallest absolute Gasteiger partial charge is 0.398 e. The Kier molecular flexibility index (Phi) is 8.41. The number of pyridine rings is 2. The van der Waals surface area contributed by atoms with Gasteiger partial charge in [-0.1, -0.05) is 12.5 Å². The Labute approximate surface area is 223 Å². The largest absolute Gasteiger partial charge is 0.433 e.